The quantitative estimate of drug-likeness (QED) is 0.800. The maximum Gasteiger partial charge on any atom is 0.317 e. The average Bonchev–Trinajstić information content (AvgIpc) is 3.01. The smallest absolute Gasteiger partial charge is 0.317 e. The van der Waals surface area contributed by atoms with Gasteiger partial charge in [0.25, 0.3) is 5.91 Å². The Morgan fingerprint density at radius 2 is 1.91 bits per heavy atom. The number of carboxylic acids is 1. The van der Waals surface area contributed by atoms with Gasteiger partial charge in [-0.25, -0.2) is 0 Å². The molecule has 0 aromatic heterocycles. The van der Waals surface area contributed by atoms with Crippen molar-refractivity contribution in [3.8, 4) is 0 Å². The minimum Gasteiger partial charge on any atom is -0.480 e. The van der Waals surface area contributed by atoms with Gasteiger partial charge in [0.1, 0.15) is 6.10 Å². The first-order chi connectivity index (χ1) is 10.9. The number of carbonyl (C=O) groups is 2. The number of likely N-dealkylation sites (tertiary alicyclic amines) is 1. The summed E-state index contributed by atoms with van der Waals surface area (Å²) in [5.41, 5.74) is 0. The number of hydrogen-bond acceptors (Lipinski definition) is 4. The molecule has 0 radical (unpaired) electrons. The number of rotatable bonds is 6. The normalized spacial score (nSPS) is 26.2. The summed E-state index contributed by atoms with van der Waals surface area (Å²) in [5, 5.41) is 8.99. The molecule has 2 aliphatic rings. The predicted octanol–water partition coefficient (Wildman–Crippen LogP) is 1.44. The summed E-state index contributed by atoms with van der Waals surface area (Å²) in [6, 6.07) is 0.255. The van der Waals surface area contributed by atoms with Crippen LogP contribution in [0.3, 0.4) is 0 Å². The molecule has 2 aliphatic heterocycles. The zero-order valence-electron chi connectivity index (χ0n) is 14.5. The number of nitrogens with zero attached hydrogens (tertiary/aromatic N) is 2. The molecule has 2 heterocycles. The van der Waals surface area contributed by atoms with Gasteiger partial charge >= 0.3 is 5.97 Å². The van der Waals surface area contributed by atoms with Crippen LogP contribution < -0.4 is 0 Å². The molecule has 0 aliphatic carbocycles. The highest BCUT2D eigenvalue weighted by Crippen LogP contribution is 2.30. The van der Waals surface area contributed by atoms with Crippen molar-refractivity contribution in [1.29, 1.82) is 0 Å². The second kappa shape index (κ2) is 8.11. The Morgan fingerprint density at radius 3 is 2.43 bits per heavy atom. The van der Waals surface area contributed by atoms with Crippen LogP contribution in [0.4, 0.5) is 0 Å². The van der Waals surface area contributed by atoms with E-state index in [1.165, 1.54) is 0 Å². The Morgan fingerprint density at radius 1 is 1.26 bits per heavy atom. The molecular formula is C17H30N2O4. The fourth-order valence-corrected chi connectivity index (χ4v) is 3.85. The second-order valence-corrected chi connectivity index (χ2v) is 7.00. The zero-order chi connectivity index (χ0) is 17.0. The highest BCUT2D eigenvalue weighted by atomic mass is 16.5. The molecule has 23 heavy (non-hydrogen) atoms. The molecule has 132 valence electrons. The first-order valence-corrected chi connectivity index (χ1v) is 8.80. The molecule has 6 heteroatoms. The van der Waals surface area contributed by atoms with E-state index in [1.807, 2.05) is 16.7 Å². The van der Waals surface area contributed by atoms with E-state index in [4.69, 9.17) is 9.84 Å². The molecule has 0 bridgehead atoms. The van der Waals surface area contributed by atoms with E-state index in [2.05, 4.69) is 13.8 Å². The summed E-state index contributed by atoms with van der Waals surface area (Å²) in [6.45, 7) is 9.17. The van der Waals surface area contributed by atoms with E-state index >= 15 is 0 Å². The molecule has 0 aromatic carbocycles. The third-order valence-corrected chi connectivity index (χ3v) is 5.27. The van der Waals surface area contributed by atoms with Crippen molar-refractivity contribution in [2.24, 2.45) is 11.8 Å². The third-order valence-electron chi connectivity index (χ3n) is 5.27. The lowest BCUT2D eigenvalue weighted by Gasteiger charge is -2.38. The first-order valence-electron chi connectivity index (χ1n) is 8.80. The van der Waals surface area contributed by atoms with Crippen LogP contribution in [-0.2, 0) is 14.3 Å². The summed E-state index contributed by atoms with van der Waals surface area (Å²) in [4.78, 5) is 27.6. The van der Waals surface area contributed by atoms with Gasteiger partial charge in [0, 0.05) is 25.7 Å². The molecule has 1 amide bonds. The highest BCUT2D eigenvalue weighted by Gasteiger charge is 2.39. The summed E-state index contributed by atoms with van der Waals surface area (Å²) >= 11 is 0. The highest BCUT2D eigenvalue weighted by molar-refractivity contribution is 5.81. The van der Waals surface area contributed by atoms with Crippen LogP contribution in [0.1, 0.15) is 40.0 Å². The van der Waals surface area contributed by atoms with Crippen LogP contribution >= 0.6 is 0 Å². The molecule has 0 unspecified atom stereocenters. The van der Waals surface area contributed by atoms with Gasteiger partial charge in [-0.2, -0.15) is 0 Å². The molecule has 0 spiro atoms. The Balaban J connectivity index is 1.88. The number of aliphatic carboxylic acids is 1. The van der Waals surface area contributed by atoms with E-state index in [0.717, 1.165) is 25.8 Å². The third kappa shape index (κ3) is 4.44. The first kappa shape index (κ1) is 18.2. The Kier molecular flexibility index (Phi) is 6.41. The lowest BCUT2D eigenvalue weighted by Crippen LogP contribution is -2.51. The summed E-state index contributed by atoms with van der Waals surface area (Å²) in [7, 11) is 0. The van der Waals surface area contributed by atoms with Gasteiger partial charge in [-0.1, -0.05) is 20.8 Å². The molecule has 2 rings (SSSR count). The SMILES string of the molecule is CCN(CC(=O)O)C1CCN(C(=O)[C@@H]2OCC[C@@H]2C(C)C)CC1. The molecule has 2 atom stereocenters. The van der Waals surface area contributed by atoms with Crippen molar-refractivity contribution < 1.29 is 19.4 Å². The summed E-state index contributed by atoms with van der Waals surface area (Å²) in [5.74, 6) is 0.111. The monoisotopic (exact) mass is 326 g/mol. The van der Waals surface area contributed by atoms with Gasteiger partial charge in [0.15, 0.2) is 0 Å². The van der Waals surface area contributed by atoms with E-state index in [1.54, 1.807) is 0 Å². The van der Waals surface area contributed by atoms with Gasteiger partial charge in [-0.15, -0.1) is 0 Å². The van der Waals surface area contributed by atoms with Gasteiger partial charge in [0.05, 0.1) is 6.54 Å². The number of likely N-dealkylation sites (N-methyl/N-ethyl adjacent to an activating group) is 1. The summed E-state index contributed by atoms with van der Waals surface area (Å²) in [6.07, 6.45) is 2.36. The average molecular weight is 326 g/mol. The lowest BCUT2D eigenvalue weighted by atomic mass is 9.88. The Hall–Kier alpha value is -1.14. The van der Waals surface area contributed by atoms with E-state index in [-0.39, 0.29) is 24.6 Å². The van der Waals surface area contributed by atoms with Crippen LogP contribution in [0, 0.1) is 11.8 Å². The maximum atomic E-state index is 12.7. The molecule has 0 saturated carbocycles. The Bertz CT molecular complexity index is 419. The van der Waals surface area contributed by atoms with Crippen LogP contribution in [0.2, 0.25) is 0 Å². The van der Waals surface area contributed by atoms with Crippen LogP contribution in [0.5, 0.6) is 0 Å². The van der Waals surface area contributed by atoms with Crippen LogP contribution in [0.15, 0.2) is 0 Å². The molecule has 1 N–H and O–H groups in total. The Labute approximate surface area is 138 Å². The number of ether oxygens (including phenoxy) is 1. The number of amides is 1. The van der Waals surface area contributed by atoms with Crippen molar-refractivity contribution >= 4 is 11.9 Å². The lowest BCUT2D eigenvalue weighted by molar-refractivity contribution is -0.146. The van der Waals surface area contributed by atoms with Crippen LogP contribution in [0.25, 0.3) is 0 Å². The number of carboxylic acid groups (broad SMARTS) is 1. The van der Waals surface area contributed by atoms with Crippen molar-refractivity contribution in [3.63, 3.8) is 0 Å². The van der Waals surface area contributed by atoms with E-state index in [9.17, 15) is 9.59 Å². The minimum atomic E-state index is -0.788. The van der Waals surface area contributed by atoms with Crippen molar-refractivity contribution in [2.75, 3.05) is 32.8 Å². The van der Waals surface area contributed by atoms with Crippen LogP contribution in [-0.4, -0.2) is 71.7 Å². The molecule has 0 aromatic rings. The van der Waals surface area contributed by atoms with Gasteiger partial charge in [-0.05, 0) is 37.6 Å². The van der Waals surface area contributed by atoms with Crippen molar-refractivity contribution in [2.45, 2.75) is 52.2 Å². The number of hydrogen-bond donors (Lipinski definition) is 1. The minimum absolute atomic E-state index is 0.0796. The number of carbonyl (C=O) groups excluding carboxylic acids is 1. The largest absolute Gasteiger partial charge is 0.480 e. The maximum absolute atomic E-state index is 12.7. The fraction of sp³-hybridized carbons (Fsp3) is 0.882. The second-order valence-electron chi connectivity index (χ2n) is 7.00. The summed E-state index contributed by atoms with van der Waals surface area (Å²) < 4.78 is 5.71. The fourth-order valence-electron chi connectivity index (χ4n) is 3.85. The van der Waals surface area contributed by atoms with E-state index < -0.39 is 5.97 Å². The van der Waals surface area contributed by atoms with E-state index in [0.29, 0.717) is 31.5 Å². The molecule has 6 nitrogen and oxygen atoms in total. The van der Waals surface area contributed by atoms with Crippen molar-refractivity contribution in [3.05, 3.63) is 0 Å². The topological polar surface area (TPSA) is 70.1 Å². The van der Waals surface area contributed by atoms with Gasteiger partial charge in [0.2, 0.25) is 0 Å². The standard InChI is InChI=1S/C17H30N2O4/c1-4-18(11-15(20)21)13-5-8-19(9-6-13)17(22)16-14(12(2)3)7-10-23-16/h12-14,16H,4-11H2,1-3H3,(H,20,21)/t14-,16-/m1/s1. The van der Waals surface area contributed by atoms with Gasteiger partial charge in [-0.3, -0.25) is 14.5 Å². The predicted molar refractivity (Wildman–Crippen MR) is 87.2 cm³/mol. The zero-order valence-corrected chi connectivity index (χ0v) is 14.5. The number of piperidine rings is 1. The molecule has 2 saturated heterocycles. The van der Waals surface area contributed by atoms with Crippen molar-refractivity contribution in [1.82, 2.24) is 9.80 Å². The van der Waals surface area contributed by atoms with Gasteiger partial charge < -0.3 is 14.7 Å². The molecule has 2 fully saturated rings. The molecular weight excluding hydrogens is 296 g/mol.